The molecule has 10 atom stereocenters. The van der Waals surface area contributed by atoms with Gasteiger partial charge in [-0.1, -0.05) is 12.1 Å². The van der Waals surface area contributed by atoms with E-state index in [1.165, 1.54) is 32.2 Å². The first-order valence-electron chi connectivity index (χ1n) is 18.3. The highest BCUT2D eigenvalue weighted by Crippen LogP contribution is 2.52. The number of methoxy groups -OCH3 is 1. The molecule has 0 bridgehead atoms. The van der Waals surface area contributed by atoms with Crippen LogP contribution in [0.15, 0.2) is 18.2 Å². The Labute approximate surface area is 321 Å². The number of benzene rings is 2. The van der Waals surface area contributed by atoms with Crippen molar-refractivity contribution < 1.29 is 73.9 Å². The number of aliphatic hydroxyl groups is 5. The summed E-state index contributed by atoms with van der Waals surface area (Å²) in [5.41, 5.74) is -3.71. The van der Waals surface area contributed by atoms with Crippen LogP contribution in [0, 0.1) is 0 Å². The van der Waals surface area contributed by atoms with Crippen LogP contribution in [-0.4, -0.2) is 159 Å². The normalized spacial score (nSPS) is 32.5. The monoisotopic (exact) mass is 787 g/mol. The van der Waals surface area contributed by atoms with Gasteiger partial charge in [-0.05, 0) is 47.0 Å². The predicted molar refractivity (Wildman–Crippen MR) is 192 cm³/mol. The number of nitrogens with one attached hydrogen (secondary N) is 2. The van der Waals surface area contributed by atoms with Crippen LogP contribution in [0.2, 0.25) is 0 Å². The highest BCUT2D eigenvalue weighted by atomic mass is 16.7. The third kappa shape index (κ3) is 7.30. The fourth-order valence-electron chi connectivity index (χ4n) is 7.96. The molecular weight excluding hydrogens is 738 g/mol. The number of aliphatic hydroxyl groups excluding tert-OH is 3. The van der Waals surface area contributed by atoms with Crippen LogP contribution in [0.3, 0.4) is 0 Å². The highest BCUT2D eigenvalue weighted by Gasteiger charge is 2.56. The average Bonchev–Trinajstić information content (AvgIpc) is 3.37. The number of phenolic OH excluding ortho intramolecular Hbond substituents is 2. The fraction of sp³-hybridized carbons (Fsp3) is 0.579. The summed E-state index contributed by atoms with van der Waals surface area (Å²) < 4.78 is 23.0. The van der Waals surface area contributed by atoms with Gasteiger partial charge in [0, 0.05) is 48.5 Å². The molecule has 2 saturated heterocycles. The highest BCUT2D eigenvalue weighted by molar-refractivity contribution is 6.31. The number of fused-ring (bicyclic) bond motifs is 3. The van der Waals surface area contributed by atoms with E-state index in [0.717, 1.165) is 6.92 Å². The molecule has 56 heavy (non-hydrogen) atoms. The van der Waals surface area contributed by atoms with Gasteiger partial charge in [0.15, 0.2) is 24.0 Å². The smallest absolute Gasteiger partial charge is 0.252 e. The SMILES string of the molecule is COc1cccc2c1C(=O)c1c(O)c3c(c(O)c1C2=O)C[C@@](O)(C(C)=O)C[C@H]3O[C@H]1C[C@@H](NC[C@@]2(O)O[C@@H](C(=O)NCCCN(C)C)[C@@H](O)[C@H]2O)[C@@H](O)[C@H](C)O1. The second kappa shape index (κ2) is 15.7. The molecule has 2 aliphatic heterocycles. The van der Waals surface area contributed by atoms with Crippen LogP contribution in [0.4, 0.5) is 0 Å². The molecule has 2 aliphatic carbocycles. The maximum atomic E-state index is 13.9. The quantitative estimate of drug-likeness (QED) is 0.0749. The topological polar surface area (TPSA) is 274 Å². The summed E-state index contributed by atoms with van der Waals surface area (Å²) in [6.45, 7) is 3.01. The maximum absolute atomic E-state index is 13.9. The number of hydrogen-bond donors (Lipinski definition) is 9. The Kier molecular flexibility index (Phi) is 11.6. The lowest BCUT2D eigenvalue weighted by molar-refractivity contribution is -0.255. The number of ether oxygens (including phenoxy) is 4. The Hall–Kier alpha value is -4.08. The Morgan fingerprint density at radius 2 is 1.71 bits per heavy atom. The van der Waals surface area contributed by atoms with Gasteiger partial charge >= 0.3 is 0 Å². The lowest BCUT2D eigenvalue weighted by Gasteiger charge is -2.43. The summed E-state index contributed by atoms with van der Waals surface area (Å²) in [7, 11) is 5.05. The summed E-state index contributed by atoms with van der Waals surface area (Å²) >= 11 is 0. The van der Waals surface area contributed by atoms with E-state index in [2.05, 4.69) is 10.6 Å². The molecule has 18 heteroatoms. The molecule has 0 saturated carbocycles. The summed E-state index contributed by atoms with van der Waals surface area (Å²) in [5, 5.41) is 84.0. The molecule has 4 aliphatic rings. The maximum Gasteiger partial charge on any atom is 0.252 e. The largest absolute Gasteiger partial charge is 0.507 e. The first-order valence-corrected chi connectivity index (χ1v) is 18.3. The summed E-state index contributed by atoms with van der Waals surface area (Å²) in [4.78, 5) is 55.2. The first-order chi connectivity index (χ1) is 26.3. The van der Waals surface area contributed by atoms with Crippen LogP contribution in [-0.2, 0) is 30.2 Å². The van der Waals surface area contributed by atoms with Gasteiger partial charge in [0.25, 0.3) is 5.91 Å². The Balaban J connectivity index is 1.24. The van der Waals surface area contributed by atoms with Crippen molar-refractivity contribution in [3.05, 3.63) is 51.6 Å². The van der Waals surface area contributed by atoms with Crippen molar-refractivity contribution in [3.63, 3.8) is 0 Å². The van der Waals surface area contributed by atoms with E-state index in [1.807, 2.05) is 19.0 Å². The first kappa shape index (κ1) is 41.6. The molecule has 1 amide bonds. The van der Waals surface area contributed by atoms with Gasteiger partial charge in [-0.15, -0.1) is 0 Å². The molecule has 2 fully saturated rings. The van der Waals surface area contributed by atoms with E-state index >= 15 is 0 Å². The van der Waals surface area contributed by atoms with Crippen molar-refractivity contribution in [3.8, 4) is 17.2 Å². The van der Waals surface area contributed by atoms with Crippen molar-refractivity contribution in [1.82, 2.24) is 15.5 Å². The minimum absolute atomic E-state index is 0.0626. The zero-order valence-electron chi connectivity index (χ0n) is 31.6. The fourth-order valence-corrected chi connectivity index (χ4v) is 7.96. The van der Waals surface area contributed by atoms with Crippen LogP contribution >= 0.6 is 0 Å². The van der Waals surface area contributed by atoms with Crippen molar-refractivity contribution in [2.45, 2.75) is 99.9 Å². The molecular formula is C38H49N3O15. The van der Waals surface area contributed by atoms with Gasteiger partial charge in [0.2, 0.25) is 11.6 Å². The van der Waals surface area contributed by atoms with Crippen molar-refractivity contribution >= 4 is 23.3 Å². The van der Waals surface area contributed by atoms with E-state index < -0.39 is 126 Å². The Morgan fingerprint density at radius 3 is 2.38 bits per heavy atom. The number of carbonyl (C=O) groups is 4. The summed E-state index contributed by atoms with van der Waals surface area (Å²) in [5.74, 6) is -6.86. The van der Waals surface area contributed by atoms with Crippen molar-refractivity contribution in [2.75, 3.05) is 40.8 Å². The second-order valence-corrected chi connectivity index (χ2v) is 15.2. The molecule has 2 aromatic rings. The van der Waals surface area contributed by atoms with Gasteiger partial charge in [-0.25, -0.2) is 0 Å². The summed E-state index contributed by atoms with van der Waals surface area (Å²) in [6, 6.07) is 3.37. The van der Waals surface area contributed by atoms with E-state index in [-0.39, 0.29) is 41.0 Å². The third-order valence-corrected chi connectivity index (χ3v) is 11.1. The summed E-state index contributed by atoms with van der Waals surface area (Å²) in [6.07, 6.45) is -10.7. The number of carbonyl (C=O) groups excluding carboxylic acids is 4. The number of Topliss-reactive ketones (excluding diaryl/α,β-unsaturated/α-hetero) is 1. The number of phenols is 2. The molecule has 0 aromatic heterocycles. The van der Waals surface area contributed by atoms with Crippen LogP contribution in [0.25, 0.3) is 0 Å². The molecule has 2 heterocycles. The Morgan fingerprint density at radius 1 is 1.02 bits per heavy atom. The predicted octanol–water partition coefficient (Wildman–Crippen LogP) is -1.46. The molecule has 0 unspecified atom stereocenters. The van der Waals surface area contributed by atoms with Gasteiger partial charge in [-0.3, -0.25) is 19.2 Å². The van der Waals surface area contributed by atoms with E-state index in [9.17, 15) is 54.9 Å². The number of amides is 1. The van der Waals surface area contributed by atoms with E-state index in [0.29, 0.717) is 13.0 Å². The van der Waals surface area contributed by atoms with Crippen LogP contribution < -0.4 is 15.4 Å². The average molecular weight is 788 g/mol. The van der Waals surface area contributed by atoms with Crippen molar-refractivity contribution in [1.29, 1.82) is 0 Å². The lowest BCUT2D eigenvalue weighted by Crippen LogP contribution is -2.59. The molecule has 2 aromatic carbocycles. The lowest BCUT2D eigenvalue weighted by atomic mass is 9.72. The number of rotatable bonds is 12. The van der Waals surface area contributed by atoms with Gasteiger partial charge in [0.05, 0.1) is 48.7 Å². The zero-order valence-corrected chi connectivity index (χ0v) is 31.6. The minimum atomic E-state index is -2.46. The molecule has 306 valence electrons. The Bertz CT molecular complexity index is 1910. The number of ketones is 3. The molecule has 0 spiro atoms. The number of nitrogens with zero attached hydrogens (tertiary/aromatic N) is 1. The molecule has 18 nitrogen and oxygen atoms in total. The van der Waals surface area contributed by atoms with Gasteiger partial charge < -0.3 is 70.2 Å². The van der Waals surface area contributed by atoms with Crippen molar-refractivity contribution in [2.24, 2.45) is 0 Å². The minimum Gasteiger partial charge on any atom is -0.507 e. The molecule has 9 N–H and O–H groups in total. The molecule has 6 rings (SSSR count). The number of hydrogen-bond acceptors (Lipinski definition) is 17. The van der Waals surface area contributed by atoms with E-state index in [4.69, 9.17) is 18.9 Å². The van der Waals surface area contributed by atoms with Gasteiger partial charge in [0.1, 0.15) is 35.1 Å². The van der Waals surface area contributed by atoms with E-state index in [1.54, 1.807) is 0 Å². The van der Waals surface area contributed by atoms with Gasteiger partial charge in [-0.2, -0.15) is 0 Å². The molecule has 0 radical (unpaired) electrons. The van der Waals surface area contributed by atoms with Crippen LogP contribution in [0.1, 0.15) is 82.2 Å². The van der Waals surface area contributed by atoms with Crippen LogP contribution in [0.5, 0.6) is 17.2 Å². The standard InChI is InChI=1S/C38H49N3O15/c1-16-28(43)20(40-15-38(52)35(49)33(48)34(56-38)36(50)39-10-7-11-41(3)4)12-23(54-16)55-22-14-37(51,17(2)42)13-19-25(22)32(47)27-26(30(19)45)29(44)18-8-6-9-21(53-5)24(18)31(27)46/h6,8-9,16,20,22-23,28,33-35,40,43,45,47-49,51-52H,7,10-15H2,1-5H3,(H,39,50)/t16-,20+,22+,23-,28-,33+,34+,35+,37-,38+/m0/s1. The number of aromatic hydroxyl groups is 2. The zero-order chi connectivity index (χ0) is 41.0. The third-order valence-electron chi connectivity index (χ3n) is 11.1. The second-order valence-electron chi connectivity index (χ2n) is 15.2.